The van der Waals surface area contributed by atoms with Crippen LogP contribution in [-0.2, 0) is 0 Å². The number of ether oxygens (including phenoxy) is 1. The number of hydrogen-bond acceptors (Lipinski definition) is 6. The van der Waals surface area contributed by atoms with Crippen LogP contribution in [0.1, 0.15) is 6.42 Å². The van der Waals surface area contributed by atoms with Crippen LogP contribution in [0, 0.1) is 0 Å². The van der Waals surface area contributed by atoms with Gasteiger partial charge in [0.05, 0.1) is 16.4 Å². The van der Waals surface area contributed by atoms with Gasteiger partial charge in [-0.15, -0.1) is 34.3 Å². The Balaban J connectivity index is 1.57. The molecular formula is C24H18ClN3OS2. The molecule has 0 amide bonds. The maximum absolute atomic E-state index is 5.79. The molecule has 154 valence electrons. The summed E-state index contributed by atoms with van der Waals surface area (Å²) in [7, 11) is 0. The molecule has 0 saturated carbocycles. The molecule has 4 heterocycles. The first kappa shape index (κ1) is 20.1. The molecular weight excluding hydrogens is 446 g/mol. The number of halogens is 1. The summed E-state index contributed by atoms with van der Waals surface area (Å²) in [5.74, 6) is 1.41. The van der Waals surface area contributed by atoms with E-state index in [9.17, 15) is 0 Å². The van der Waals surface area contributed by atoms with Crippen LogP contribution in [0.5, 0.6) is 5.75 Å². The van der Waals surface area contributed by atoms with Gasteiger partial charge in [-0.3, -0.25) is 0 Å². The van der Waals surface area contributed by atoms with Gasteiger partial charge < -0.3 is 4.74 Å². The number of benzene rings is 1. The highest BCUT2D eigenvalue weighted by molar-refractivity contribution is 7.14. The summed E-state index contributed by atoms with van der Waals surface area (Å²) in [5, 5.41) is 4.11. The van der Waals surface area contributed by atoms with Crippen molar-refractivity contribution in [2.75, 3.05) is 12.5 Å². The van der Waals surface area contributed by atoms with Crippen molar-refractivity contribution in [2.24, 2.45) is 0 Å². The molecule has 7 heteroatoms. The van der Waals surface area contributed by atoms with E-state index in [-0.39, 0.29) is 0 Å². The minimum atomic E-state index is 0.590. The second-order valence-electron chi connectivity index (χ2n) is 6.86. The monoisotopic (exact) mass is 463 g/mol. The molecule has 0 aliphatic rings. The smallest absolute Gasteiger partial charge is 0.178 e. The lowest BCUT2D eigenvalue weighted by molar-refractivity contribution is 0.318. The van der Waals surface area contributed by atoms with Gasteiger partial charge in [0.25, 0.3) is 0 Å². The summed E-state index contributed by atoms with van der Waals surface area (Å²) in [6, 6.07) is 18.3. The first-order chi connectivity index (χ1) is 15.3. The largest absolute Gasteiger partial charge is 0.494 e. The number of fused-ring (bicyclic) bond motifs is 1. The van der Waals surface area contributed by atoms with Gasteiger partial charge in [-0.1, -0.05) is 24.3 Å². The first-order valence-corrected chi connectivity index (χ1v) is 12.2. The van der Waals surface area contributed by atoms with Crippen molar-refractivity contribution in [1.82, 2.24) is 15.0 Å². The summed E-state index contributed by atoms with van der Waals surface area (Å²) in [6.07, 6.45) is 2.66. The van der Waals surface area contributed by atoms with Gasteiger partial charge >= 0.3 is 0 Å². The molecule has 5 aromatic rings. The van der Waals surface area contributed by atoms with Crippen molar-refractivity contribution in [3.8, 4) is 38.0 Å². The second-order valence-corrected chi connectivity index (χ2v) is 9.13. The normalized spacial score (nSPS) is 11.1. The van der Waals surface area contributed by atoms with Crippen LogP contribution in [0.2, 0.25) is 0 Å². The number of nitrogens with zero attached hydrogens (tertiary/aromatic N) is 3. The topological polar surface area (TPSA) is 47.9 Å². The van der Waals surface area contributed by atoms with E-state index >= 15 is 0 Å². The molecule has 4 aromatic heterocycles. The van der Waals surface area contributed by atoms with Gasteiger partial charge in [0.2, 0.25) is 0 Å². The van der Waals surface area contributed by atoms with Crippen molar-refractivity contribution in [3.05, 3.63) is 71.6 Å². The van der Waals surface area contributed by atoms with Gasteiger partial charge in [0, 0.05) is 17.6 Å². The molecule has 0 radical (unpaired) electrons. The fourth-order valence-corrected chi connectivity index (χ4v) is 4.82. The van der Waals surface area contributed by atoms with Crippen molar-refractivity contribution in [1.29, 1.82) is 0 Å². The fraction of sp³-hybridized carbons (Fsp3) is 0.125. The third kappa shape index (κ3) is 4.32. The number of rotatable bonds is 7. The SMILES string of the molecule is ClCCCOc1cccc(-c2cnc3nc(-c4cccs4)c(-c4cccs4)nc3c2)c1. The van der Waals surface area contributed by atoms with E-state index in [0.29, 0.717) is 18.1 Å². The van der Waals surface area contributed by atoms with Gasteiger partial charge in [0.1, 0.15) is 22.7 Å². The lowest BCUT2D eigenvalue weighted by Gasteiger charge is -2.10. The van der Waals surface area contributed by atoms with E-state index in [2.05, 4.69) is 27.9 Å². The molecule has 0 N–H and O–H groups in total. The van der Waals surface area contributed by atoms with Gasteiger partial charge in [0.15, 0.2) is 5.65 Å². The summed E-state index contributed by atoms with van der Waals surface area (Å²) in [6.45, 7) is 0.601. The maximum atomic E-state index is 5.79. The molecule has 0 spiro atoms. The van der Waals surface area contributed by atoms with E-state index in [1.54, 1.807) is 22.7 Å². The van der Waals surface area contributed by atoms with E-state index < -0.39 is 0 Å². The predicted octanol–water partition coefficient (Wildman–Crippen LogP) is 7.16. The van der Waals surface area contributed by atoms with Crippen molar-refractivity contribution in [3.63, 3.8) is 0 Å². The average molecular weight is 464 g/mol. The van der Waals surface area contributed by atoms with Crippen molar-refractivity contribution < 1.29 is 4.74 Å². The quantitative estimate of drug-likeness (QED) is 0.190. The minimum absolute atomic E-state index is 0.590. The van der Waals surface area contributed by atoms with Gasteiger partial charge in [-0.25, -0.2) is 15.0 Å². The number of pyridine rings is 1. The predicted molar refractivity (Wildman–Crippen MR) is 130 cm³/mol. The zero-order valence-corrected chi connectivity index (χ0v) is 18.9. The zero-order chi connectivity index (χ0) is 21.0. The lowest BCUT2D eigenvalue weighted by atomic mass is 10.1. The molecule has 0 fully saturated rings. The van der Waals surface area contributed by atoms with Crippen LogP contribution in [0.3, 0.4) is 0 Å². The highest BCUT2D eigenvalue weighted by Gasteiger charge is 2.16. The highest BCUT2D eigenvalue weighted by Crippen LogP contribution is 2.36. The fourth-order valence-electron chi connectivity index (χ4n) is 3.28. The lowest BCUT2D eigenvalue weighted by Crippen LogP contribution is -1.98. The summed E-state index contributed by atoms with van der Waals surface area (Å²) < 4.78 is 5.79. The number of hydrogen-bond donors (Lipinski definition) is 0. The Kier molecular flexibility index (Phi) is 5.93. The Morgan fingerprint density at radius 1 is 0.839 bits per heavy atom. The third-order valence-corrected chi connectivity index (χ3v) is 6.77. The molecule has 0 bridgehead atoms. The average Bonchev–Trinajstić information content (AvgIpc) is 3.53. The van der Waals surface area contributed by atoms with E-state index in [1.165, 1.54) is 0 Å². The maximum Gasteiger partial charge on any atom is 0.178 e. The van der Waals surface area contributed by atoms with Crippen LogP contribution in [-0.4, -0.2) is 27.4 Å². The van der Waals surface area contributed by atoms with Gasteiger partial charge in [-0.2, -0.15) is 0 Å². The zero-order valence-electron chi connectivity index (χ0n) is 16.5. The Morgan fingerprint density at radius 3 is 2.32 bits per heavy atom. The van der Waals surface area contributed by atoms with Crippen molar-refractivity contribution >= 4 is 45.4 Å². The Bertz CT molecular complexity index is 1300. The molecule has 0 aliphatic carbocycles. The molecule has 1 aromatic carbocycles. The number of thiophene rings is 2. The van der Waals surface area contributed by atoms with E-state index in [4.69, 9.17) is 26.3 Å². The summed E-state index contributed by atoms with van der Waals surface area (Å²) in [5.41, 5.74) is 5.18. The molecule has 0 unspecified atom stereocenters. The minimum Gasteiger partial charge on any atom is -0.494 e. The second kappa shape index (κ2) is 9.14. The molecule has 31 heavy (non-hydrogen) atoms. The van der Waals surface area contributed by atoms with Crippen LogP contribution in [0.4, 0.5) is 0 Å². The van der Waals surface area contributed by atoms with E-state index in [1.807, 2.05) is 48.7 Å². The summed E-state index contributed by atoms with van der Waals surface area (Å²) in [4.78, 5) is 16.7. The van der Waals surface area contributed by atoms with Crippen LogP contribution in [0.25, 0.3) is 43.4 Å². The molecule has 4 nitrogen and oxygen atoms in total. The van der Waals surface area contributed by atoms with Crippen LogP contribution in [0.15, 0.2) is 71.6 Å². The van der Waals surface area contributed by atoms with Gasteiger partial charge in [-0.05, 0) is 53.1 Å². The first-order valence-electron chi connectivity index (χ1n) is 9.86. The van der Waals surface area contributed by atoms with Crippen LogP contribution < -0.4 is 4.74 Å². The Labute approximate surface area is 193 Å². The van der Waals surface area contributed by atoms with Crippen molar-refractivity contribution in [2.45, 2.75) is 6.42 Å². The van der Waals surface area contributed by atoms with Crippen LogP contribution >= 0.6 is 34.3 Å². The molecule has 0 saturated heterocycles. The molecule has 0 atom stereocenters. The number of alkyl halides is 1. The Morgan fingerprint density at radius 2 is 1.61 bits per heavy atom. The Hall–Kier alpha value is -2.80. The number of aromatic nitrogens is 3. The summed E-state index contributed by atoms with van der Waals surface area (Å²) >= 11 is 9.07. The standard InChI is InChI=1S/C24H18ClN3OS2/c25-9-4-10-29-18-6-1-5-16(13-18)17-14-19-24(26-15-17)28-23(21-8-3-12-31-21)22(27-19)20-7-2-11-30-20/h1-3,5-8,11-15H,4,9-10H2. The third-order valence-electron chi connectivity index (χ3n) is 4.74. The van der Waals surface area contributed by atoms with E-state index in [0.717, 1.165) is 50.0 Å². The molecule has 5 rings (SSSR count). The highest BCUT2D eigenvalue weighted by atomic mass is 35.5. The molecule has 0 aliphatic heterocycles.